The van der Waals surface area contributed by atoms with Crippen LogP contribution in [0, 0.1) is 3.57 Å². The molecule has 2 rings (SSSR count). The van der Waals surface area contributed by atoms with Crippen LogP contribution in [0.1, 0.15) is 47.1 Å². The highest BCUT2D eigenvalue weighted by Crippen LogP contribution is 2.19. The molecule has 0 N–H and O–H groups in total. The first kappa shape index (κ1) is 27.7. The number of rotatable bonds is 2. The van der Waals surface area contributed by atoms with Crippen LogP contribution in [0.25, 0.3) is 0 Å². The molecule has 0 saturated carbocycles. The molecule has 0 radical (unpaired) electrons. The lowest BCUT2D eigenvalue weighted by Crippen LogP contribution is -2.60. The summed E-state index contributed by atoms with van der Waals surface area (Å²) in [6.45, 7) is 10.8. The second kappa shape index (κ2) is 10.8. The first-order chi connectivity index (χ1) is 15.6. The van der Waals surface area contributed by atoms with Crippen molar-refractivity contribution in [3.8, 4) is 0 Å². The highest BCUT2D eigenvalue weighted by atomic mass is 127. The number of halogens is 1. The molecule has 0 aliphatic carbocycles. The Bertz CT molecular complexity index is 940. The van der Waals surface area contributed by atoms with Crippen LogP contribution in [0.4, 0.5) is 14.4 Å². The van der Waals surface area contributed by atoms with Gasteiger partial charge in [-0.1, -0.05) is 12.1 Å². The van der Waals surface area contributed by atoms with Gasteiger partial charge in [-0.2, -0.15) is 0 Å². The lowest BCUT2D eigenvalue weighted by molar-refractivity contribution is 0.0300. The summed E-state index contributed by atoms with van der Waals surface area (Å²) in [5.41, 5.74) is -0.726. The maximum absolute atomic E-state index is 13.4. The van der Waals surface area contributed by atoms with E-state index < -0.39 is 23.4 Å². The number of hydrogen-bond acceptors (Lipinski definition) is 5. The average molecular weight is 587 g/mol. The Balaban J connectivity index is 2.56. The van der Waals surface area contributed by atoms with Crippen LogP contribution < -0.4 is 0 Å². The molecule has 0 unspecified atom stereocenters. The predicted octanol–water partition coefficient (Wildman–Crippen LogP) is 4.53. The Morgan fingerprint density at radius 1 is 1.03 bits per heavy atom. The van der Waals surface area contributed by atoms with Gasteiger partial charge in [0.2, 0.25) is 5.96 Å². The maximum Gasteiger partial charge on any atom is 0.437 e. The number of ether oxygens (including phenoxy) is 2. The largest absolute Gasteiger partial charge is 0.443 e. The molecule has 1 aliphatic heterocycles. The van der Waals surface area contributed by atoms with E-state index in [0.29, 0.717) is 0 Å². The van der Waals surface area contributed by atoms with Crippen molar-refractivity contribution in [1.82, 2.24) is 19.6 Å². The molecule has 0 spiro atoms. The van der Waals surface area contributed by atoms with Crippen LogP contribution in [-0.4, -0.2) is 82.4 Å². The Kier molecular flexibility index (Phi) is 8.78. The zero-order valence-corrected chi connectivity index (χ0v) is 23.2. The van der Waals surface area contributed by atoms with Crippen molar-refractivity contribution < 1.29 is 23.9 Å². The summed E-state index contributed by atoms with van der Waals surface area (Å²) in [5, 5.41) is 0. The zero-order chi connectivity index (χ0) is 25.8. The van der Waals surface area contributed by atoms with Crippen LogP contribution in [0.3, 0.4) is 0 Å². The fraction of sp³-hybridized carbons (Fsp3) is 0.565. The van der Waals surface area contributed by atoms with Crippen molar-refractivity contribution in [2.45, 2.75) is 59.3 Å². The molecular weight excluding hydrogens is 553 g/mol. The third-order valence-electron chi connectivity index (χ3n) is 4.37. The number of carbonyl (C=O) groups excluding carboxylic acids is 3. The molecule has 1 heterocycles. The van der Waals surface area contributed by atoms with Crippen LogP contribution in [0.15, 0.2) is 29.3 Å². The molecule has 0 aromatic heterocycles. The van der Waals surface area contributed by atoms with Gasteiger partial charge in [0.15, 0.2) is 0 Å². The second-order valence-corrected chi connectivity index (χ2v) is 11.3. The Morgan fingerprint density at radius 3 is 2.09 bits per heavy atom. The number of urea groups is 1. The summed E-state index contributed by atoms with van der Waals surface area (Å²) in [7, 11) is 3.26. The van der Waals surface area contributed by atoms with E-state index in [4.69, 9.17) is 9.47 Å². The molecule has 0 atom stereocenters. The monoisotopic (exact) mass is 587 g/mol. The van der Waals surface area contributed by atoms with Crippen molar-refractivity contribution in [2.75, 3.05) is 27.4 Å². The molecular formula is C23H34IN5O5. The van der Waals surface area contributed by atoms with Gasteiger partial charge >= 0.3 is 18.2 Å². The Hall–Kier alpha value is -2.57. The standard InChI is InChI=1S/C23H34IN5O5/c1-22(2,3)33-19(30)25-18(28-14-26(7)20(31)27(8)15-28)29(21(32)34-23(4,5)6)13-16-10-9-11-17(24)12-16/h9-12H,13-15H2,1-8H3/b25-18+. The van der Waals surface area contributed by atoms with Gasteiger partial charge in [-0.3, -0.25) is 0 Å². The first-order valence-electron chi connectivity index (χ1n) is 10.8. The van der Waals surface area contributed by atoms with Gasteiger partial charge in [-0.25, -0.2) is 19.3 Å². The van der Waals surface area contributed by atoms with Gasteiger partial charge < -0.3 is 24.2 Å². The third-order valence-corrected chi connectivity index (χ3v) is 5.04. The van der Waals surface area contributed by atoms with Crippen LogP contribution in [0.5, 0.6) is 0 Å². The van der Waals surface area contributed by atoms with Gasteiger partial charge in [-0.05, 0) is 81.8 Å². The van der Waals surface area contributed by atoms with Gasteiger partial charge in [-0.15, -0.1) is 4.99 Å². The normalized spacial score (nSPS) is 15.4. The minimum atomic E-state index is -0.846. The maximum atomic E-state index is 13.4. The molecule has 188 valence electrons. The molecule has 1 aromatic rings. The lowest BCUT2D eigenvalue weighted by atomic mass is 10.2. The van der Waals surface area contributed by atoms with Crippen molar-refractivity contribution in [1.29, 1.82) is 0 Å². The predicted molar refractivity (Wildman–Crippen MR) is 137 cm³/mol. The molecule has 1 aliphatic rings. The van der Waals surface area contributed by atoms with E-state index in [1.807, 2.05) is 24.3 Å². The molecule has 10 nitrogen and oxygen atoms in total. The Labute approximate surface area is 215 Å². The van der Waals surface area contributed by atoms with Crippen molar-refractivity contribution in [3.05, 3.63) is 33.4 Å². The molecule has 11 heteroatoms. The van der Waals surface area contributed by atoms with E-state index in [-0.39, 0.29) is 31.9 Å². The van der Waals surface area contributed by atoms with Crippen molar-refractivity contribution in [3.63, 3.8) is 0 Å². The summed E-state index contributed by atoms with van der Waals surface area (Å²) < 4.78 is 12.1. The number of hydrogen-bond donors (Lipinski definition) is 0. The van der Waals surface area contributed by atoms with Crippen molar-refractivity contribution >= 4 is 46.8 Å². The summed E-state index contributed by atoms with van der Waals surface area (Å²) >= 11 is 2.19. The second-order valence-electron chi connectivity index (χ2n) is 10.1. The molecule has 1 fully saturated rings. The average Bonchev–Trinajstić information content (AvgIpc) is 2.65. The van der Waals surface area contributed by atoms with Crippen LogP contribution in [-0.2, 0) is 16.0 Å². The number of carbonyl (C=O) groups is 3. The van der Waals surface area contributed by atoms with Crippen LogP contribution in [0.2, 0.25) is 0 Å². The molecule has 34 heavy (non-hydrogen) atoms. The van der Waals surface area contributed by atoms with Gasteiger partial charge in [0.1, 0.15) is 11.2 Å². The highest BCUT2D eigenvalue weighted by molar-refractivity contribution is 14.1. The van der Waals surface area contributed by atoms with E-state index in [1.54, 1.807) is 60.5 Å². The van der Waals surface area contributed by atoms with E-state index in [1.165, 1.54) is 14.7 Å². The van der Waals surface area contributed by atoms with E-state index >= 15 is 0 Å². The number of benzene rings is 1. The zero-order valence-electron chi connectivity index (χ0n) is 21.1. The molecule has 4 amide bonds. The first-order valence-corrected chi connectivity index (χ1v) is 11.9. The van der Waals surface area contributed by atoms with Gasteiger partial charge in [0.25, 0.3) is 0 Å². The van der Waals surface area contributed by atoms with Gasteiger partial charge in [0, 0.05) is 17.7 Å². The highest BCUT2D eigenvalue weighted by Gasteiger charge is 2.35. The number of aliphatic imine (C=N–C) groups is 1. The molecule has 1 aromatic carbocycles. The number of amides is 4. The fourth-order valence-corrected chi connectivity index (χ4v) is 3.72. The summed E-state index contributed by atoms with van der Waals surface area (Å²) in [6.07, 6.45) is -1.52. The SMILES string of the molecule is CN1CN(/C(=N\C(=O)OC(C)(C)C)N(Cc2cccc(I)c2)C(=O)OC(C)(C)C)CN(C)C1=O. The van der Waals surface area contributed by atoms with Gasteiger partial charge in [0.05, 0.1) is 19.9 Å². The van der Waals surface area contributed by atoms with Crippen LogP contribution >= 0.6 is 22.6 Å². The number of guanidine groups is 1. The lowest BCUT2D eigenvalue weighted by Gasteiger charge is -2.42. The smallest absolute Gasteiger partial charge is 0.437 e. The third kappa shape index (κ3) is 8.33. The molecule has 0 bridgehead atoms. The quantitative estimate of drug-likeness (QED) is 0.287. The van der Waals surface area contributed by atoms with E-state index in [2.05, 4.69) is 27.6 Å². The summed E-state index contributed by atoms with van der Waals surface area (Å²) in [5.74, 6) is 0.0357. The topological polar surface area (TPSA) is 95.0 Å². The van der Waals surface area contributed by atoms with Crippen molar-refractivity contribution in [2.24, 2.45) is 4.99 Å². The summed E-state index contributed by atoms with van der Waals surface area (Å²) in [4.78, 5) is 48.5. The minimum absolute atomic E-state index is 0.0357. The van der Waals surface area contributed by atoms with E-state index in [0.717, 1.165) is 9.13 Å². The number of nitrogens with zero attached hydrogens (tertiary/aromatic N) is 5. The molecule has 1 saturated heterocycles. The fourth-order valence-electron chi connectivity index (χ4n) is 3.12. The minimum Gasteiger partial charge on any atom is -0.443 e. The summed E-state index contributed by atoms with van der Waals surface area (Å²) in [6, 6.07) is 7.45. The van der Waals surface area contributed by atoms with E-state index in [9.17, 15) is 14.4 Å². The Morgan fingerprint density at radius 2 is 1.59 bits per heavy atom.